The highest BCUT2D eigenvalue weighted by atomic mass is 15.2. The van der Waals surface area contributed by atoms with Crippen molar-refractivity contribution < 1.29 is 0 Å². The molecule has 4 heteroatoms. The first-order valence-electron chi connectivity index (χ1n) is 5.71. The molecule has 0 saturated carbocycles. The highest BCUT2D eigenvalue weighted by Gasteiger charge is 2.18. The van der Waals surface area contributed by atoms with Gasteiger partial charge >= 0.3 is 0 Å². The minimum absolute atomic E-state index is 0.652. The summed E-state index contributed by atoms with van der Waals surface area (Å²) in [5, 5.41) is 3.52. The summed E-state index contributed by atoms with van der Waals surface area (Å²) in [7, 11) is 2.06. The number of hydrogen-bond acceptors (Lipinski definition) is 3. The van der Waals surface area contributed by atoms with Crippen LogP contribution < -0.4 is 5.32 Å². The Labute approximate surface area is 91.3 Å². The molecule has 4 nitrogen and oxygen atoms in total. The Hall–Kier alpha value is -0.870. The second-order valence-corrected chi connectivity index (χ2v) is 4.25. The Balaban J connectivity index is 1.92. The number of nitrogens with one attached hydrogen (secondary N) is 1. The van der Waals surface area contributed by atoms with Gasteiger partial charge in [-0.15, -0.1) is 0 Å². The van der Waals surface area contributed by atoms with Crippen LogP contribution in [0.25, 0.3) is 0 Å². The van der Waals surface area contributed by atoms with Gasteiger partial charge in [0.15, 0.2) is 0 Å². The van der Waals surface area contributed by atoms with E-state index in [0.717, 1.165) is 32.0 Å². The third-order valence-electron chi connectivity index (χ3n) is 3.12. The molecule has 0 spiro atoms. The summed E-state index contributed by atoms with van der Waals surface area (Å²) < 4.78 is 2.10. The summed E-state index contributed by atoms with van der Waals surface area (Å²) in [5.74, 6) is 1.16. The predicted octanol–water partition coefficient (Wildman–Crippen LogP) is 0.604. The molecule has 1 N–H and O–H groups in total. The average Bonchev–Trinajstić information content (AvgIpc) is 2.65. The van der Waals surface area contributed by atoms with Crippen molar-refractivity contribution >= 4 is 0 Å². The van der Waals surface area contributed by atoms with Crippen LogP contribution in [-0.4, -0.2) is 40.1 Å². The van der Waals surface area contributed by atoms with E-state index in [9.17, 15) is 0 Å². The lowest BCUT2D eigenvalue weighted by Crippen LogP contribution is -2.50. The molecule has 0 radical (unpaired) electrons. The van der Waals surface area contributed by atoms with Gasteiger partial charge in [-0.2, -0.15) is 0 Å². The minimum atomic E-state index is 0.652. The van der Waals surface area contributed by atoms with Gasteiger partial charge in [0.1, 0.15) is 5.82 Å². The molecule has 2 heterocycles. The van der Waals surface area contributed by atoms with E-state index in [1.165, 1.54) is 6.42 Å². The molecular weight excluding hydrogens is 188 g/mol. The standard InChI is InChI=1S/C11H20N4/c1-3-10-8-15(7-5-12-10)9-11-13-4-6-14(11)2/h4,6,10,12H,3,5,7-9H2,1-2H3. The number of nitrogens with zero attached hydrogens (tertiary/aromatic N) is 3. The molecule has 1 unspecified atom stereocenters. The molecule has 1 saturated heterocycles. The van der Waals surface area contributed by atoms with Crippen molar-refractivity contribution in [1.29, 1.82) is 0 Å². The molecule has 1 aromatic heterocycles. The quantitative estimate of drug-likeness (QED) is 0.790. The van der Waals surface area contributed by atoms with E-state index in [4.69, 9.17) is 0 Å². The molecule has 0 aliphatic carbocycles. The average molecular weight is 208 g/mol. The van der Waals surface area contributed by atoms with Crippen molar-refractivity contribution in [3.63, 3.8) is 0 Å². The smallest absolute Gasteiger partial charge is 0.122 e. The maximum atomic E-state index is 4.36. The van der Waals surface area contributed by atoms with E-state index in [2.05, 4.69) is 33.7 Å². The van der Waals surface area contributed by atoms with E-state index in [1.807, 2.05) is 12.4 Å². The molecule has 1 aromatic rings. The number of imidazole rings is 1. The van der Waals surface area contributed by atoms with Crippen LogP contribution in [0.1, 0.15) is 19.2 Å². The van der Waals surface area contributed by atoms with Crippen molar-refractivity contribution in [2.45, 2.75) is 25.9 Å². The van der Waals surface area contributed by atoms with Gasteiger partial charge in [-0.3, -0.25) is 4.90 Å². The molecule has 84 valence electrons. The Morgan fingerprint density at radius 1 is 1.60 bits per heavy atom. The lowest BCUT2D eigenvalue weighted by atomic mass is 10.1. The highest BCUT2D eigenvalue weighted by Crippen LogP contribution is 2.06. The van der Waals surface area contributed by atoms with Crippen molar-refractivity contribution in [3.05, 3.63) is 18.2 Å². The summed E-state index contributed by atoms with van der Waals surface area (Å²) in [6, 6.07) is 0.652. The summed E-state index contributed by atoms with van der Waals surface area (Å²) in [5.41, 5.74) is 0. The third kappa shape index (κ3) is 2.58. The summed E-state index contributed by atoms with van der Waals surface area (Å²) in [6.07, 6.45) is 5.08. The molecule has 1 aliphatic heterocycles. The number of piperazine rings is 1. The Morgan fingerprint density at radius 3 is 3.13 bits per heavy atom. The second-order valence-electron chi connectivity index (χ2n) is 4.25. The van der Waals surface area contributed by atoms with Crippen molar-refractivity contribution in [1.82, 2.24) is 19.8 Å². The van der Waals surface area contributed by atoms with Crippen molar-refractivity contribution in [2.24, 2.45) is 7.05 Å². The van der Waals surface area contributed by atoms with Crippen molar-refractivity contribution in [2.75, 3.05) is 19.6 Å². The Bertz CT molecular complexity index is 307. The highest BCUT2D eigenvalue weighted by molar-refractivity contribution is 4.92. The first-order valence-corrected chi connectivity index (χ1v) is 5.71. The van der Waals surface area contributed by atoms with Crippen LogP contribution in [0.15, 0.2) is 12.4 Å². The number of aryl methyl sites for hydroxylation is 1. The van der Waals surface area contributed by atoms with Crippen LogP contribution >= 0.6 is 0 Å². The fourth-order valence-electron chi connectivity index (χ4n) is 2.06. The number of rotatable bonds is 3. The molecule has 1 atom stereocenters. The monoisotopic (exact) mass is 208 g/mol. The predicted molar refractivity (Wildman–Crippen MR) is 60.6 cm³/mol. The fourth-order valence-corrected chi connectivity index (χ4v) is 2.06. The molecule has 1 aliphatic rings. The van der Waals surface area contributed by atoms with Crippen LogP contribution in [0.5, 0.6) is 0 Å². The SMILES string of the molecule is CCC1CN(Cc2nccn2C)CCN1. The Morgan fingerprint density at radius 2 is 2.47 bits per heavy atom. The van der Waals surface area contributed by atoms with E-state index in [-0.39, 0.29) is 0 Å². The van der Waals surface area contributed by atoms with Gasteiger partial charge in [0.05, 0.1) is 6.54 Å². The van der Waals surface area contributed by atoms with Crippen LogP contribution in [0, 0.1) is 0 Å². The molecule has 0 aromatic carbocycles. The fraction of sp³-hybridized carbons (Fsp3) is 0.727. The third-order valence-corrected chi connectivity index (χ3v) is 3.12. The summed E-state index contributed by atoms with van der Waals surface area (Å²) >= 11 is 0. The lowest BCUT2D eigenvalue weighted by molar-refractivity contribution is 0.184. The first-order chi connectivity index (χ1) is 7.29. The first kappa shape index (κ1) is 10.6. The van der Waals surface area contributed by atoms with Crippen LogP contribution in [-0.2, 0) is 13.6 Å². The van der Waals surface area contributed by atoms with Gasteiger partial charge in [-0.1, -0.05) is 6.92 Å². The van der Waals surface area contributed by atoms with E-state index in [0.29, 0.717) is 6.04 Å². The maximum Gasteiger partial charge on any atom is 0.122 e. The van der Waals surface area contributed by atoms with E-state index in [1.54, 1.807) is 0 Å². The minimum Gasteiger partial charge on any atom is -0.337 e. The zero-order valence-electron chi connectivity index (χ0n) is 9.61. The number of hydrogen-bond donors (Lipinski definition) is 1. The van der Waals surface area contributed by atoms with Gasteiger partial charge in [-0.05, 0) is 6.42 Å². The molecule has 1 fully saturated rings. The van der Waals surface area contributed by atoms with Crippen LogP contribution in [0.4, 0.5) is 0 Å². The van der Waals surface area contributed by atoms with Gasteiger partial charge < -0.3 is 9.88 Å². The number of aromatic nitrogens is 2. The zero-order chi connectivity index (χ0) is 10.7. The molecular formula is C11H20N4. The topological polar surface area (TPSA) is 33.1 Å². The molecule has 15 heavy (non-hydrogen) atoms. The van der Waals surface area contributed by atoms with Gasteiger partial charge in [0, 0.05) is 45.1 Å². The molecule has 0 amide bonds. The lowest BCUT2D eigenvalue weighted by Gasteiger charge is -2.32. The van der Waals surface area contributed by atoms with Crippen LogP contribution in [0.3, 0.4) is 0 Å². The van der Waals surface area contributed by atoms with Gasteiger partial charge in [-0.25, -0.2) is 4.98 Å². The second kappa shape index (κ2) is 4.77. The molecule has 2 rings (SSSR count). The van der Waals surface area contributed by atoms with E-state index >= 15 is 0 Å². The molecule has 0 bridgehead atoms. The largest absolute Gasteiger partial charge is 0.337 e. The van der Waals surface area contributed by atoms with Crippen LogP contribution in [0.2, 0.25) is 0 Å². The van der Waals surface area contributed by atoms with E-state index < -0.39 is 0 Å². The van der Waals surface area contributed by atoms with Gasteiger partial charge in [0.25, 0.3) is 0 Å². The maximum absolute atomic E-state index is 4.36. The summed E-state index contributed by atoms with van der Waals surface area (Å²) in [4.78, 5) is 6.84. The summed E-state index contributed by atoms with van der Waals surface area (Å²) in [6.45, 7) is 6.58. The van der Waals surface area contributed by atoms with Gasteiger partial charge in [0.2, 0.25) is 0 Å². The Kier molecular flexibility index (Phi) is 3.38. The van der Waals surface area contributed by atoms with Crippen molar-refractivity contribution in [3.8, 4) is 0 Å². The zero-order valence-corrected chi connectivity index (χ0v) is 9.61. The normalized spacial score (nSPS) is 23.2.